The second-order valence-electron chi connectivity index (χ2n) is 4.91. The molecule has 1 heterocycles. The summed E-state index contributed by atoms with van der Waals surface area (Å²) in [5.74, 6) is 0.425. The third-order valence-corrected chi connectivity index (χ3v) is 4.05. The van der Waals surface area contributed by atoms with Crippen LogP contribution in [-0.2, 0) is 0 Å². The quantitative estimate of drug-likeness (QED) is 0.463. The van der Waals surface area contributed by atoms with Crippen LogP contribution < -0.4 is 15.9 Å². The van der Waals surface area contributed by atoms with Crippen LogP contribution in [0.25, 0.3) is 0 Å². The lowest BCUT2D eigenvalue weighted by molar-refractivity contribution is 0.0958. The lowest BCUT2D eigenvalue weighted by atomic mass is 10.2. The van der Waals surface area contributed by atoms with Gasteiger partial charge in [0.25, 0.3) is 5.91 Å². The molecule has 0 aliphatic heterocycles. The SMILES string of the molecule is CCCCOc1ccccc1C=NNC(=O)c1sc(N)nc1C. The highest BCUT2D eigenvalue weighted by Gasteiger charge is 2.13. The fourth-order valence-electron chi connectivity index (χ4n) is 1.88. The number of aromatic nitrogens is 1. The number of rotatable bonds is 7. The summed E-state index contributed by atoms with van der Waals surface area (Å²) in [5, 5.41) is 4.36. The van der Waals surface area contributed by atoms with E-state index < -0.39 is 0 Å². The molecule has 0 spiro atoms. The van der Waals surface area contributed by atoms with Crippen molar-refractivity contribution in [2.75, 3.05) is 12.3 Å². The minimum atomic E-state index is -0.322. The van der Waals surface area contributed by atoms with Gasteiger partial charge in [0.05, 0.1) is 18.5 Å². The van der Waals surface area contributed by atoms with Gasteiger partial charge in [0.15, 0.2) is 5.13 Å². The number of unbranched alkanes of at least 4 members (excludes halogenated alkanes) is 1. The van der Waals surface area contributed by atoms with Crippen LogP contribution >= 0.6 is 11.3 Å². The molecule has 0 unspecified atom stereocenters. The number of benzene rings is 1. The minimum absolute atomic E-state index is 0.322. The maximum absolute atomic E-state index is 12.0. The van der Waals surface area contributed by atoms with Crippen LogP contribution in [0.2, 0.25) is 0 Å². The molecule has 0 bridgehead atoms. The summed E-state index contributed by atoms with van der Waals surface area (Å²) >= 11 is 1.14. The Morgan fingerprint density at radius 1 is 1.48 bits per heavy atom. The van der Waals surface area contributed by atoms with E-state index in [2.05, 4.69) is 22.4 Å². The van der Waals surface area contributed by atoms with Gasteiger partial charge in [-0.1, -0.05) is 36.8 Å². The number of para-hydroxylation sites is 1. The Morgan fingerprint density at radius 2 is 2.26 bits per heavy atom. The first-order valence-electron chi connectivity index (χ1n) is 7.40. The molecule has 23 heavy (non-hydrogen) atoms. The number of nitrogen functional groups attached to an aromatic ring is 1. The number of hydrogen-bond donors (Lipinski definition) is 2. The third-order valence-electron chi connectivity index (χ3n) is 3.06. The highest BCUT2D eigenvalue weighted by Crippen LogP contribution is 2.19. The summed E-state index contributed by atoms with van der Waals surface area (Å²) in [4.78, 5) is 16.5. The average molecular weight is 332 g/mol. The van der Waals surface area contributed by atoms with Gasteiger partial charge in [0, 0.05) is 5.56 Å². The highest BCUT2D eigenvalue weighted by molar-refractivity contribution is 7.17. The first kappa shape index (κ1) is 17.0. The summed E-state index contributed by atoms with van der Waals surface area (Å²) in [6.45, 7) is 4.51. The molecule has 0 aliphatic rings. The molecule has 1 amide bonds. The predicted molar refractivity (Wildman–Crippen MR) is 93.2 cm³/mol. The molecule has 0 fully saturated rings. The molecule has 122 valence electrons. The number of hydrogen-bond acceptors (Lipinski definition) is 6. The summed E-state index contributed by atoms with van der Waals surface area (Å²) in [7, 11) is 0. The van der Waals surface area contributed by atoms with Crippen LogP contribution in [0.3, 0.4) is 0 Å². The first-order chi connectivity index (χ1) is 11.1. The normalized spacial score (nSPS) is 10.9. The number of carbonyl (C=O) groups is 1. The van der Waals surface area contributed by atoms with Crippen molar-refractivity contribution in [3.63, 3.8) is 0 Å². The molecule has 2 rings (SSSR count). The Hall–Kier alpha value is -2.41. The van der Waals surface area contributed by atoms with E-state index in [0.29, 0.717) is 22.3 Å². The molecule has 1 aromatic heterocycles. The second kappa shape index (κ2) is 8.28. The van der Waals surface area contributed by atoms with Crippen LogP contribution in [0.4, 0.5) is 5.13 Å². The van der Waals surface area contributed by atoms with E-state index in [1.807, 2.05) is 24.3 Å². The number of anilines is 1. The van der Waals surface area contributed by atoms with E-state index in [1.165, 1.54) is 0 Å². The number of aryl methyl sites for hydroxylation is 1. The number of nitrogens with zero attached hydrogens (tertiary/aromatic N) is 2. The Kier molecular flexibility index (Phi) is 6.10. The molecule has 1 aromatic carbocycles. The Balaban J connectivity index is 2.00. The van der Waals surface area contributed by atoms with Crippen molar-refractivity contribution < 1.29 is 9.53 Å². The van der Waals surface area contributed by atoms with Crippen molar-refractivity contribution in [3.8, 4) is 5.75 Å². The van der Waals surface area contributed by atoms with Gasteiger partial charge in [-0.2, -0.15) is 5.10 Å². The van der Waals surface area contributed by atoms with Gasteiger partial charge in [-0.05, 0) is 25.5 Å². The zero-order valence-corrected chi connectivity index (χ0v) is 14.0. The van der Waals surface area contributed by atoms with Gasteiger partial charge >= 0.3 is 0 Å². The molecule has 3 N–H and O–H groups in total. The first-order valence-corrected chi connectivity index (χ1v) is 8.21. The van der Waals surface area contributed by atoms with Gasteiger partial charge in [0.1, 0.15) is 10.6 Å². The zero-order valence-electron chi connectivity index (χ0n) is 13.2. The highest BCUT2D eigenvalue weighted by atomic mass is 32.1. The average Bonchev–Trinajstić information content (AvgIpc) is 2.87. The van der Waals surface area contributed by atoms with Crippen LogP contribution in [0, 0.1) is 6.92 Å². The molecular weight excluding hydrogens is 312 g/mol. The smallest absolute Gasteiger partial charge is 0.283 e. The van der Waals surface area contributed by atoms with Gasteiger partial charge in [-0.15, -0.1) is 0 Å². The molecule has 0 saturated heterocycles. The van der Waals surface area contributed by atoms with E-state index in [1.54, 1.807) is 13.1 Å². The molecule has 6 nitrogen and oxygen atoms in total. The number of amides is 1. The van der Waals surface area contributed by atoms with Crippen LogP contribution in [0.1, 0.15) is 40.7 Å². The molecule has 0 atom stereocenters. The van der Waals surface area contributed by atoms with Crippen LogP contribution in [0.15, 0.2) is 29.4 Å². The van der Waals surface area contributed by atoms with Crippen LogP contribution in [-0.4, -0.2) is 23.7 Å². The van der Waals surface area contributed by atoms with Gasteiger partial charge in [-0.25, -0.2) is 10.4 Å². The molecule has 7 heteroatoms. The van der Waals surface area contributed by atoms with Crippen molar-refractivity contribution in [2.45, 2.75) is 26.7 Å². The Morgan fingerprint density at radius 3 is 2.96 bits per heavy atom. The van der Waals surface area contributed by atoms with E-state index >= 15 is 0 Å². The largest absolute Gasteiger partial charge is 0.493 e. The maximum Gasteiger partial charge on any atom is 0.283 e. The Bertz CT molecular complexity index is 697. The van der Waals surface area contributed by atoms with E-state index in [9.17, 15) is 4.79 Å². The number of carbonyl (C=O) groups excluding carboxylic acids is 1. The fourth-order valence-corrected chi connectivity index (χ4v) is 2.61. The number of hydrazone groups is 1. The van der Waals surface area contributed by atoms with Gasteiger partial charge in [0.2, 0.25) is 0 Å². The number of thiazole rings is 1. The maximum atomic E-state index is 12.0. The van der Waals surface area contributed by atoms with Crippen molar-refractivity contribution in [1.29, 1.82) is 0 Å². The summed E-state index contributed by atoms with van der Waals surface area (Å²) in [5.41, 5.74) is 9.48. The summed E-state index contributed by atoms with van der Waals surface area (Å²) < 4.78 is 5.71. The van der Waals surface area contributed by atoms with E-state index in [4.69, 9.17) is 10.5 Å². The van der Waals surface area contributed by atoms with Crippen molar-refractivity contribution in [1.82, 2.24) is 10.4 Å². The summed E-state index contributed by atoms with van der Waals surface area (Å²) in [6.07, 6.45) is 3.64. The minimum Gasteiger partial charge on any atom is -0.493 e. The van der Waals surface area contributed by atoms with Crippen molar-refractivity contribution in [3.05, 3.63) is 40.4 Å². The second-order valence-corrected chi connectivity index (χ2v) is 5.94. The number of ether oxygens (including phenoxy) is 1. The molecule has 2 aromatic rings. The lowest BCUT2D eigenvalue weighted by Crippen LogP contribution is -2.17. The molecular formula is C16H20N4O2S. The van der Waals surface area contributed by atoms with E-state index in [-0.39, 0.29) is 5.91 Å². The van der Waals surface area contributed by atoms with Crippen LogP contribution in [0.5, 0.6) is 5.75 Å². The van der Waals surface area contributed by atoms with E-state index in [0.717, 1.165) is 35.5 Å². The van der Waals surface area contributed by atoms with Gasteiger partial charge < -0.3 is 10.5 Å². The standard InChI is InChI=1S/C16H20N4O2S/c1-3-4-9-22-13-8-6-5-7-12(13)10-18-20-15(21)14-11(2)19-16(17)23-14/h5-8,10H,3-4,9H2,1-2H3,(H2,17,19)(H,20,21). The van der Waals surface area contributed by atoms with Crippen molar-refractivity contribution >= 4 is 28.6 Å². The molecule has 0 radical (unpaired) electrons. The number of nitrogens with two attached hydrogens (primary N) is 1. The number of nitrogens with one attached hydrogen (secondary N) is 1. The molecule has 0 saturated carbocycles. The predicted octanol–water partition coefficient (Wildman–Crippen LogP) is 2.98. The van der Waals surface area contributed by atoms with Gasteiger partial charge in [-0.3, -0.25) is 4.79 Å². The lowest BCUT2D eigenvalue weighted by Gasteiger charge is -2.07. The topological polar surface area (TPSA) is 89.6 Å². The fraction of sp³-hybridized carbons (Fsp3) is 0.312. The Labute approximate surface area is 139 Å². The third kappa shape index (κ3) is 4.79. The summed E-state index contributed by atoms with van der Waals surface area (Å²) in [6, 6.07) is 7.56. The van der Waals surface area contributed by atoms with Crippen molar-refractivity contribution in [2.24, 2.45) is 5.10 Å². The zero-order chi connectivity index (χ0) is 16.7. The monoisotopic (exact) mass is 332 g/mol. The molecule has 0 aliphatic carbocycles.